The molecule has 0 aliphatic heterocycles. The van der Waals surface area contributed by atoms with Gasteiger partial charge >= 0.3 is 0 Å². The number of benzene rings is 1. The maximum absolute atomic E-state index is 11.7. The Hall–Kier alpha value is -1.36. The lowest BCUT2D eigenvalue weighted by atomic mass is 10.2. The first-order valence-corrected chi connectivity index (χ1v) is 7.48. The summed E-state index contributed by atoms with van der Waals surface area (Å²) in [6.45, 7) is 1.80. The average Bonchev–Trinajstić information content (AvgIpc) is 2.27. The number of carbonyl (C=O) groups is 1. The van der Waals surface area contributed by atoms with Gasteiger partial charge in [0, 0.05) is 17.9 Å². The highest BCUT2D eigenvalue weighted by molar-refractivity contribution is 7.90. The molecule has 94 valence electrons. The minimum Gasteiger partial charge on any atom is -0.350 e. The largest absolute Gasteiger partial charge is 0.350 e. The van der Waals surface area contributed by atoms with Gasteiger partial charge in [-0.15, -0.1) is 0 Å². The predicted octanol–water partition coefficient (Wildman–Crippen LogP) is 1.24. The second kappa shape index (κ2) is 5.82. The van der Waals surface area contributed by atoms with Crippen molar-refractivity contribution < 1.29 is 13.2 Å². The van der Waals surface area contributed by atoms with E-state index in [-0.39, 0.29) is 17.7 Å². The van der Waals surface area contributed by atoms with Crippen LogP contribution >= 0.6 is 0 Å². The topological polar surface area (TPSA) is 63.2 Å². The fraction of sp³-hybridized carbons (Fsp3) is 0.417. The lowest BCUT2D eigenvalue weighted by Crippen LogP contribution is -2.33. The summed E-state index contributed by atoms with van der Waals surface area (Å²) in [5.41, 5.74) is 0.582. The molecule has 1 amide bonds. The van der Waals surface area contributed by atoms with E-state index >= 15 is 0 Å². The molecule has 0 unspecified atom stereocenters. The van der Waals surface area contributed by atoms with Gasteiger partial charge in [-0.3, -0.25) is 4.79 Å². The van der Waals surface area contributed by atoms with Crippen molar-refractivity contribution in [3.63, 3.8) is 0 Å². The van der Waals surface area contributed by atoms with Crippen LogP contribution in [0.25, 0.3) is 0 Å². The molecule has 0 saturated heterocycles. The van der Waals surface area contributed by atoms with Crippen LogP contribution in [0.4, 0.5) is 0 Å². The molecule has 1 N–H and O–H groups in total. The quantitative estimate of drug-likeness (QED) is 0.861. The number of hydrogen-bond donors (Lipinski definition) is 1. The minimum absolute atomic E-state index is 0.0865. The van der Waals surface area contributed by atoms with Crippen molar-refractivity contribution in [2.24, 2.45) is 0 Å². The molecule has 0 fully saturated rings. The van der Waals surface area contributed by atoms with E-state index in [2.05, 4.69) is 5.32 Å². The van der Waals surface area contributed by atoms with Gasteiger partial charge in [0.25, 0.3) is 5.91 Å². The second-order valence-corrected chi connectivity index (χ2v) is 6.42. The number of nitrogens with one attached hydrogen (secondary N) is 1. The first-order valence-electron chi connectivity index (χ1n) is 5.42. The van der Waals surface area contributed by atoms with Crippen LogP contribution in [0.2, 0.25) is 0 Å². The molecule has 0 aromatic heterocycles. The van der Waals surface area contributed by atoms with Crippen molar-refractivity contribution in [3.05, 3.63) is 35.9 Å². The van der Waals surface area contributed by atoms with Crippen molar-refractivity contribution in [2.45, 2.75) is 19.4 Å². The van der Waals surface area contributed by atoms with E-state index in [1.165, 1.54) is 6.26 Å². The summed E-state index contributed by atoms with van der Waals surface area (Å²) in [7, 11) is -2.97. The summed E-state index contributed by atoms with van der Waals surface area (Å²) in [5, 5.41) is 2.77. The van der Waals surface area contributed by atoms with Crippen molar-refractivity contribution >= 4 is 15.7 Å². The molecule has 5 heteroatoms. The summed E-state index contributed by atoms with van der Waals surface area (Å²) in [6.07, 6.45) is 1.62. The molecule has 0 aliphatic carbocycles. The summed E-state index contributed by atoms with van der Waals surface area (Å²) >= 11 is 0. The van der Waals surface area contributed by atoms with Crippen LogP contribution in [0.1, 0.15) is 23.7 Å². The fourth-order valence-electron chi connectivity index (χ4n) is 1.36. The molecule has 0 heterocycles. The highest BCUT2D eigenvalue weighted by Crippen LogP contribution is 2.01. The lowest BCUT2D eigenvalue weighted by Gasteiger charge is -2.13. The Bertz CT molecular complexity index is 468. The van der Waals surface area contributed by atoms with Crippen LogP contribution in [0.3, 0.4) is 0 Å². The molecule has 0 aliphatic rings. The van der Waals surface area contributed by atoms with Crippen molar-refractivity contribution in [1.29, 1.82) is 0 Å². The summed E-state index contributed by atoms with van der Waals surface area (Å²) in [6, 6.07) is 8.70. The number of hydrogen-bond acceptors (Lipinski definition) is 3. The van der Waals surface area contributed by atoms with Gasteiger partial charge in [0.1, 0.15) is 9.84 Å². The van der Waals surface area contributed by atoms with Gasteiger partial charge in [-0.05, 0) is 25.5 Å². The Morgan fingerprint density at radius 2 is 1.88 bits per heavy atom. The SMILES string of the molecule is C[C@H](CCS(C)(=O)=O)NC(=O)c1ccccc1. The van der Waals surface area contributed by atoms with Crippen LogP contribution < -0.4 is 5.32 Å². The zero-order valence-electron chi connectivity index (χ0n) is 10.0. The maximum atomic E-state index is 11.7. The fourth-order valence-corrected chi connectivity index (χ4v) is 2.14. The Morgan fingerprint density at radius 3 is 2.41 bits per heavy atom. The third kappa shape index (κ3) is 5.49. The average molecular weight is 255 g/mol. The predicted molar refractivity (Wildman–Crippen MR) is 67.7 cm³/mol. The normalized spacial score (nSPS) is 13.1. The number of carbonyl (C=O) groups excluding carboxylic acids is 1. The molecular weight excluding hydrogens is 238 g/mol. The van der Waals surface area contributed by atoms with Gasteiger partial charge < -0.3 is 5.32 Å². The first kappa shape index (κ1) is 13.7. The van der Waals surface area contributed by atoms with Gasteiger partial charge in [0.15, 0.2) is 0 Å². The maximum Gasteiger partial charge on any atom is 0.251 e. The summed E-state index contributed by atoms with van der Waals surface area (Å²) < 4.78 is 22.0. The van der Waals surface area contributed by atoms with Gasteiger partial charge in [-0.1, -0.05) is 18.2 Å². The summed E-state index contributed by atoms with van der Waals surface area (Å²) in [4.78, 5) is 11.7. The minimum atomic E-state index is -2.97. The van der Waals surface area contributed by atoms with Crippen LogP contribution in [0, 0.1) is 0 Å². The van der Waals surface area contributed by atoms with E-state index in [1.807, 2.05) is 6.07 Å². The van der Waals surface area contributed by atoms with Crippen LogP contribution in [0.5, 0.6) is 0 Å². The van der Waals surface area contributed by atoms with E-state index in [9.17, 15) is 13.2 Å². The van der Waals surface area contributed by atoms with Crippen molar-refractivity contribution in [1.82, 2.24) is 5.32 Å². The number of sulfone groups is 1. The molecule has 1 aromatic rings. The van der Waals surface area contributed by atoms with Crippen LogP contribution in [0.15, 0.2) is 30.3 Å². The van der Waals surface area contributed by atoms with Crippen LogP contribution in [-0.2, 0) is 9.84 Å². The van der Waals surface area contributed by atoms with E-state index in [4.69, 9.17) is 0 Å². The highest BCUT2D eigenvalue weighted by Gasteiger charge is 2.11. The monoisotopic (exact) mass is 255 g/mol. The molecule has 0 saturated carbocycles. The standard InChI is InChI=1S/C12H17NO3S/c1-10(8-9-17(2,15)16)13-12(14)11-6-4-3-5-7-11/h3-7,10H,8-9H2,1-2H3,(H,13,14)/t10-/m1/s1. The second-order valence-electron chi connectivity index (χ2n) is 4.16. The van der Waals surface area contributed by atoms with Gasteiger partial charge in [-0.2, -0.15) is 0 Å². The molecule has 0 spiro atoms. The molecule has 1 atom stereocenters. The molecular formula is C12H17NO3S. The summed E-state index contributed by atoms with van der Waals surface area (Å²) in [5.74, 6) is -0.0879. The molecule has 0 radical (unpaired) electrons. The Kier molecular flexibility index (Phi) is 4.69. The Balaban J connectivity index is 2.47. The third-order valence-corrected chi connectivity index (χ3v) is 3.31. The van der Waals surface area contributed by atoms with E-state index in [1.54, 1.807) is 31.2 Å². The van der Waals surface area contributed by atoms with Crippen molar-refractivity contribution in [2.75, 3.05) is 12.0 Å². The number of rotatable bonds is 5. The third-order valence-electron chi connectivity index (χ3n) is 2.34. The van der Waals surface area contributed by atoms with Crippen molar-refractivity contribution in [3.8, 4) is 0 Å². The first-order chi connectivity index (χ1) is 7.88. The molecule has 0 bridgehead atoms. The van der Waals surface area contributed by atoms with Gasteiger partial charge in [0.2, 0.25) is 0 Å². The molecule has 1 rings (SSSR count). The van der Waals surface area contributed by atoms with E-state index in [0.717, 1.165) is 0 Å². The number of amides is 1. The van der Waals surface area contributed by atoms with E-state index < -0.39 is 9.84 Å². The van der Waals surface area contributed by atoms with E-state index in [0.29, 0.717) is 12.0 Å². The Labute approximate surface area is 102 Å². The van der Waals surface area contributed by atoms with Gasteiger partial charge in [0.05, 0.1) is 5.75 Å². The zero-order chi connectivity index (χ0) is 12.9. The lowest BCUT2D eigenvalue weighted by molar-refractivity contribution is 0.0939. The smallest absolute Gasteiger partial charge is 0.251 e. The van der Waals surface area contributed by atoms with Crippen LogP contribution in [-0.4, -0.2) is 32.4 Å². The highest BCUT2D eigenvalue weighted by atomic mass is 32.2. The Morgan fingerprint density at radius 1 is 1.29 bits per heavy atom. The molecule has 1 aromatic carbocycles. The molecule has 4 nitrogen and oxygen atoms in total. The van der Waals surface area contributed by atoms with Gasteiger partial charge in [-0.25, -0.2) is 8.42 Å². The zero-order valence-corrected chi connectivity index (χ0v) is 10.8. The molecule has 17 heavy (non-hydrogen) atoms.